The van der Waals surface area contributed by atoms with E-state index in [1.807, 2.05) is 39.0 Å². The predicted molar refractivity (Wildman–Crippen MR) is 96.9 cm³/mol. The van der Waals surface area contributed by atoms with Crippen LogP contribution in [-0.2, 0) is 11.3 Å². The molecule has 0 bridgehead atoms. The zero-order valence-corrected chi connectivity index (χ0v) is 15.0. The number of rotatable bonds is 4. The molecule has 1 amide bonds. The average molecular weight is 340 g/mol. The smallest absolute Gasteiger partial charge is 0.251 e. The van der Waals surface area contributed by atoms with Crippen molar-refractivity contribution in [3.8, 4) is 0 Å². The summed E-state index contributed by atoms with van der Waals surface area (Å²) in [4.78, 5) is 23.6. The molecule has 0 radical (unpaired) electrons. The van der Waals surface area contributed by atoms with Crippen molar-refractivity contribution in [1.82, 2.24) is 15.3 Å². The molecule has 1 aromatic carbocycles. The van der Waals surface area contributed by atoms with E-state index in [0.717, 1.165) is 35.7 Å². The standard InChI is InChI=1S/C19H24N4O2/c1-13-8-14(2)10-16(9-13)19(24)20-12-17-21-15(3)11-18(22-17)23-4-6-25-7-5-23/h8-11H,4-7,12H2,1-3H3,(H,20,24). The second kappa shape index (κ2) is 7.61. The van der Waals surface area contributed by atoms with Gasteiger partial charge in [-0.25, -0.2) is 9.97 Å². The molecule has 25 heavy (non-hydrogen) atoms. The van der Waals surface area contributed by atoms with Gasteiger partial charge in [-0.1, -0.05) is 17.2 Å². The van der Waals surface area contributed by atoms with Crippen molar-refractivity contribution in [2.24, 2.45) is 0 Å². The predicted octanol–water partition coefficient (Wildman–Crippen LogP) is 2.17. The molecule has 1 fully saturated rings. The highest BCUT2D eigenvalue weighted by atomic mass is 16.5. The molecule has 1 saturated heterocycles. The number of hydrogen-bond donors (Lipinski definition) is 1. The summed E-state index contributed by atoms with van der Waals surface area (Å²) in [6.07, 6.45) is 0. The van der Waals surface area contributed by atoms with Crippen LogP contribution in [0, 0.1) is 20.8 Å². The van der Waals surface area contributed by atoms with E-state index >= 15 is 0 Å². The first-order valence-electron chi connectivity index (χ1n) is 8.55. The average Bonchev–Trinajstić information content (AvgIpc) is 2.59. The fraction of sp³-hybridized carbons (Fsp3) is 0.421. The van der Waals surface area contributed by atoms with Crippen LogP contribution in [0.15, 0.2) is 24.3 Å². The first kappa shape index (κ1) is 17.4. The van der Waals surface area contributed by atoms with Gasteiger partial charge in [0.25, 0.3) is 5.91 Å². The number of amides is 1. The van der Waals surface area contributed by atoms with Gasteiger partial charge in [0.05, 0.1) is 19.8 Å². The molecule has 1 aromatic heterocycles. The normalized spacial score (nSPS) is 14.4. The largest absolute Gasteiger partial charge is 0.378 e. The molecule has 1 aliphatic heterocycles. The van der Waals surface area contributed by atoms with E-state index in [-0.39, 0.29) is 5.91 Å². The number of benzene rings is 1. The second-order valence-corrected chi connectivity index (χ2v) is 6.44. The van der Waals surface area contributed by atoms with Gasteiger partial charge in [-0.05, 0) is 32.9 Å². The zero-order chi connectivity index (χ0) is 17.8. The first-order chi connectivity index (χ1) is 12.0. The first-order valence-corrected chi connectivity index (χ1v) is 8.55. The SMILES string of the molecule is Cc1cc(C)cc(C(=O)NCc2nc(C)cc(N3CCOCC3)n2)c1. The molecule has 0 unspecified atom stereocenters. The Kier molecular flexibility index (Phi) is 5.28. The Bertz CT molecular complexity index is 750. The van der Waals surface area contributed by atoms with Crippen LogP contribution in [-0.4, -0.2) is 42.2 Å². The lowest BCUT2D eigenvalue weighted by Gasteiger charge is -2.28. The minimum absolute atomic E-state index is 0.107. The summed E-state index contributed by atoms with van der Waals surface area (Å²) < 4.78 is 5.39. The molecule has 0 saturated carbocycles. The molecule has 0 spiro atoms. The number of hydrogen-bond acceptors (Lipinski definition) is 5. The summed E-state index contributed by atoms with van der Waals surface area (Å²) in [6.45, 7) is 9.30. The summed E-state index contributed by atoms with van der Waals surface area (Å²) in [7, 11) is 0. The highest BCUT2D eigenvalue weighted by Gasteiger charge is 2.15. The Morgan fingerprint density at radius 3 is 2.44 bits per heavy atom. The van der Waals surface area contributed by atoms with Gasteiger partial charge in [0, 0.05) is 30.4 Å². The summed E-state index contributed by atoms with van der Waals surface area (Å²) in [5.41, 5.74) is 3.71. The number of anilines is 1. The Labute approximate surface area is 148 Å². The topological polar surface area (TPSA) is 67.4 Å². The van der Waals surface area contributed by atoms with E-state index in [9.17, 15) is 4.79 Å². The number of morpholine rings is 1. The second-order valence-electron chi connectivity index (χ2n) is 6.44. The van der Waals surface area contributed by atoms with E-state index in [4.69, 9.17) is 4.74 Å². The fourth-order valence-corrected chi connectivity index (χ4v) is 3.01. The number of nitrogens with one attached hydrogen (secondary N) is 1. The summed E-state index contributed by atoms with van der Waals surface area (Å²) in [6, 6.07) is 7.80. The van der Waals surface area contributed by atoms with Crippen LogP contribution in [0.3, 0.4) is 0 Å². The Balaban J connectivity index is 1.70. The van der Waals surface area contributed by atoms with E-state index in [2.05, 4.69) is 26.3 Å². The summed E-state index contributed by atoms with van der Waals surface area (Å²) in [5.74, 6) is 1.41. The maximum absolute atomic E-state index is 12.4. The maximum atomic E-state index is 12.4. The monoisotopic (exact) mass is 340 g/mol. The van der Waals surface area contributed by atoms with Crippen molar-refractivity contribution in [1.29, 1.82) is 0 Å². The van der Waals surface area contributed by atoms with E-state index in [1.165, 1.54) is 0 Å². The number of aromatic nitrogens is 2. The van der Waals surface area contributed by atoms with E-state index < -0.39 is 0 Å². The molecule has 2 aromatic rings. The third kappa shape index (κ3) is 4.54. The molecule has 2 heterocycles. The van der Waals surface area contributed by atoms with Crippen molar-refractivity contribution >= 4 is 11.7 Å². The van der Waals surface area contributed by atoms with Gasteiger partial charge in [-0.15, -0.1) is 0 Å². The van der Waals surface area contributed by atoms with Crippen molar-refractivity contribution in [3.05, 3.63) is 52.5 Å². The minimum atomic E-state index is -0.107. The molecule has 0 aliphatic carbocycles. The lowest BCUT2D eigenvalue weighted by molar-refractivity contribution is 0.0949. The minimum Gasteiger partial charge on any atom is -0.378 e. The van der Waals surface area contributed by atoms with Crippen LogP contribution in [0.5, 0.6) is 0 Å². The number of aryl methyl sites for hydroxylation is 3. The molecule has 132 valence electrons. The van der Waals surface area contributed by atoms with E-state index in [1.54, 1.807) is 0 Å². The van der Waals surface area contributed by atoms with Crippen molar-refractivity contribution in [3.63, 3.8) is 0 Å². The van der Waals surface area contributed by atoms with Crippen molar-refractivity contribution in [2.75, 3.05) is 31.2 Å². The molecule has 3 rings (SSSR count). The molecular formula is C19H24N4O2. The van der Waals surface area contributed by atoms with Crippen LogP contribution < -0.4 is 10.2 Å². The molecule has 6 heteroatoms. The Morgan fingerprint density at radius 2 is 1.76 bits per heavy atom. The summed E-state index contributed by atoms with van der Waals surface area (Å²) >= 11 is 0. The number of carbonyl (C=O) groups is 1. The fourth-order valence-electron chi connectivity index (χ4n) is 3.01. The zero-order valence-electron chi connectivity index (χ0n) is 15.0. The van der Waals surface area contributed by atoms with Gasteiger partial charge in [0.1, 0.15) is 11.6 Å². The Hall–Kier alpha value is -2.47. The van der Waals surface area contributed by atoms with Crippen LogP contribution in [0.2, 0.25) is 0 Å². The lowest BCUT2D eigenvalue weighted by Crippen LogP contribution is -2.37. The maximum Gasteiger partial charge on any atom is 0.251 e. The molecule has 1 N–H and O–H groups in total. The molecular weight excluding hydrogens is 316 g/mol. The van der Waals surface area contributed by atoms with E-state index in [0.29, 0.717) is 31.1 Å². The van der Waals surface area contributed by atoms with Crippen LogP contribution in [0.1, 0.15) is 33.0 Å². The molecule has 6 nitrogen and oxygen atoms in total. The summed E-state index contributed by atoms with van der Waals surface area (Å²) in [5, 5.41) is 2.92. The van der Waals surface area contributed by atoms with Gasteiger partial charge >= 0.3 is 0 Å². The van der Waals surface area contributed by atoms with Crippen molar-refractivity contribution in [2.45, 2.75) is 27.3 Å². The highest BCUT2D eigenvalue weighted by Crippen LogP contribution is 2.14. The quantitative estimate of drug-likeness (QED) is 0.924. The van der Waals surface area contributed by atoms with Crippen LogP contribution in [0.25, 0.3) is 0 Å². The lowest BCUT2D eigenvalue weighted by atomic mass is 10.1. The van der Waals surface area contributed by atoms with Crippen LogP contribution >= 0.6 is 0 Å². The number of nitrogens with zero attached hydrogens (tertiary/aromatic N) is 3. The van der Waals surface area contributed by atoms with Gasteiger partial charge in [-0.3, -0.25) is 4.79 Å². The Morgan fingerprint density at radius 1 is 1.08 bits per heavy atom. The van der Waals surface area contributed by atoms with Gasteiger partial charge in [0.15, 0.2) is 0 Å². The number of ether oxygens (including phenoxy) is 1. The van der Waals surface area contributed by atoms with Gasteiger partial charge < -0.3 is 15.0 Å². The van der Waals surface area contributed by atoms with Gasteiger partial charge in [0.2, 0.25) is 0 Å². The van der Waals surface area contributed by atoms with Crippen LogP contribution in [0.4, 0.5) is 5.82 Å². The van der Waals surface area contributed by atoms with Crippen molar-refractivity contribution < 1.29 is 9.53 Å². The number of carbonyl (C=O) groups excluding carboxylic acids is 1. The third-order valence-corrected chi connectivity index (χ3v) is 4.11. The molecule has 1 aliphatic rings. The molecule has 0 atom stereocenters. The highest BCUT2D eigenvalue weighted by molar-refractivity contribution is 5.94. The van der Waals surface area contributed by atoms with Gasteiger partial charge in [-0.2, -0.15) is 0 Å². The third-order valence-electron chi connectivity index (χ3n) is 4.11.